The summed E-state index contributed by atoms with van der Waals surface area (Å²) in [4.78, 5) is 0. The molecule has 0 saturated heterocycles. The molecule has 0 N–H and O–H groups in total. The Morgan fingerprint density at radius 1 is 1.50 bits per heavy atom. The lowest BCUT2D eigenvalue weighted by atomic mass is 10.4. The van der Waals surface area contributed by atoms with Crippen molar-refractivity contribution in [2.45, 2.75) is 19.8 Å². The molecule has 0 aliphatic carbocycles. The van der Waals surface area contributed by atoms with E-state index >= 15 is 0 Å². The maximum Gasteiger partial charge on any atom is 0.103 e. The molecule has 0 heterocycles. The predicted molar refractivity (Wildman–Crippen MR) is 29.4 cm³/mol. The molecule has 0 unspecified atom stereocenters. The van der Waals surface area contributed by atoms with Gasteiger partial charge in [0.15, 0.2) is 0 Å². The summed E-state index contributed by atoms with van der Waals surface area (Å²) >= 11 is 0. The van der Waals surface area contributed by atoms with E-state index in [-0.39, 0.29) is 0 Å². The molecule has 0 radical (unpaired) electrons. The maximum atomic E-state index is 3.64. The molecule has 34 valence electrons. The minimum absolute atomic E-state index is 0.924. The molecule has 0 bridgehead atoms. The minimum atomic E-state index is 0.924. The van der Waals surface area contributed by atoms with Gasteiger partial charge >= 0.3 is 0 Å². The van der Waals surface area contributed by atoms with Crippen LogP contribution in [0.3, 0.4) is 0 Å². The molecule has 0 aromatic carbocycles. The van der Waals surface area contributed by atoms with Crippen molar-refractivity contribution in [3.8, 4) is 0 Å². The van der Waals surface area contributed by atoms with Crippen LogP contribution in [0.25, 0.3) is 0 Å². The Morgan fingerprint density at radius 3 is 2.33 bits per heavy atom. The van der Waals surface area contributed by atoms with E-state index in [1.807, 2.05) is 0 Å². The second-order valence-electron chi connectivity index (χ2n) is 1.17. The number of hydrogen-bond donors (Lipinski definition) is 0. The Bertz CT molecular complexity index is 29.3. The molecule has 0 nitrogen and oxygen atoms in total. The van der Waals surface area contributed by atoms with Crippen molar-refractivity contribution in [2.75, 3.05) is 0 Å². The molecule has 0 spiro atoms. The highest BCUT2D eigenvalue weighted by Crippen LogP contribution is 1.80. The summed E-state index contributed by atoms with van der Waals surface area (Å²) in [5, 5.41) is 0. The molecular weight excluding hydrogens is 72.1 g/mol. The van der Waals surface area contributed by atoms with E-state index in [1.165, 1.54) is 0 Å². The van der Waals surface area contributed by atoms with E-state index in [2.05, 4.69) is 26.0 Å². The van der Waals surface area contributed by atoms with E-state index in [9.17, 15) is 0 Å². The summed E-state index contributed by atoms with van der Waals surface area (Å²) in [6, 6.07) is 0. The minimum Gasteiger partial charge on any atom is -0.0846 e. The molecule has 0 saturated carbocycles. The zero-order valence-corrected chi connectivity index (χ0v) is 4.28. The van der Waals surface area contributed by atoms with E-state index in [1.54, 1.807) is 0 Å². The second-order valence-corrected chi connectivity index (χ2v) is 1.17. The van der Waals surface area contributed by atoms with Crippen LogP contribution >= 0.6 is 0 Å². The van der Waals surface area contributed by atoms with Crippen LogP contribution in [-0.2, 0) is 0 Å². The summed E-state index contributed by atoms with van der Waals surface area (Å²) in [5.74, 6) is 0. The highest BCUT2D eigenvalue weighted by molar-refractivity contribution is 4.80. The first kappa shape index (κ1) is 5.61. The van der Waals surface area contributed by atoms with Crippen molar-refractivity contribution in [1.82, 2.24) is 0 Å². The fourth-order valence-electron chi connectivity index (χ4n) is 0.285. The first-order valence-electron chi connectivity index (χ1n) is 2.36. The smallest absolute Gasteiger partial charge is 0.0846 e. The Kier molecular flexibility index (Phi) is 4.31. The Morgan fingerprint density at radius 2 is 2.17 bits per heavy atom. The Labute approximate surface area is 39.9 Å². The van der Waals surface area contributed by atoms with Crippen LogP contribution in [0, 0.1) is 6.92 Å². The van der Waals surface area contributed by atoms with E-state index < -0.39 is 0 Å². The van der Waals surface area contributed by atoms with Gasteiger partial charge in [0.05, 0.1) is 6.92 Å². The van der Waals surface area contributed by atoms with Crippen molar-refractivity contribution < 1.29 is 0 Å². The van der Waals surface area contributed by atoms with Gasteiger partial charge in [-0.2, -0.15) is 0 Å². The quantitative estimate of drug-likeness (QED) is 0.354. The van der Waals surface area contributed by atoms with Crippen molar-refractivity contribution in [1.29, 1.82) is 0 Å². The highest BCUT2D eigenvalue weighted by Gasteiger charge is 1.65. The van der Waals surface area contributed by atoms with Crippen LogP contribution in [-0.4, -0.2) is 0 Å². The van der Waals surface area contributed by atoms with Gasteiger partial charge in [0, 0.05) is 0 Å². The molecule has 0 fully saturated rings. The lowest BCUT2D eigenvalue weighted by molar-refractivity contribution is 1.20. The Balaban J connectivity index is 2.73. The topological polar surface area (TPSA) is 0 Å². The fourth-order valence-corrected chi connectivity index (χ4v) is 0.285. The zero-order chi connectivity index (χ0) is 4.83. The average Bonchev–Trinajstić information content (AvgIpc) is 1.61. The SMILES string of the molecule is [CH2+]C/C=C\CC. The number of hydrogen-bond acceptors (Lipinski definition) is 0. The third kappa shape index (κ3) is 3.61. The van der Waals surface area contributed by atoms with Gasteiger partial charge in [0.1, 0.15) is 6.42 Å². The first-order valence-corrected chi connectivity index (χ1v) is 2.36. The Hall–Kier alpha value is -0.390. The molecule has 0 aromatic heterocycles. The van der Waals surface area contributed by atoms with Gasteiger partial charge in [-0.25, -0.2) is 0 Å². The summed E-state index contributed by atoms with van der Waals surface area (Å²) in [5.41, 5.74) is 0. The van der Waals surface area contributed by atoms with E-state index in [4.69, 9.17) is 0 Å². The van der Waals surface area contributed by atoms with Gasteiger partial charge in [-0.15, -0.1) is 0 Å². The summed E-state index contributed by atoms with van der Waals surface area (Å²) < 4.78 is 0. The first-order chi connectivity index (χ1) is 2.91. The van der Waals surface area contributed by atoms with Crippen LogP contribution < -0.4 is 0 Å². The van der Waals surface area contributed by atoms with Crippen molar-refractivity contribution in [3.05, 3.63) is 19.1 Å². The van der Waals surface area contributed by atoms with Crippen LogP contribution in [0.5, 0.6) is 0 Å². The van der Waals surface area contributed by atoms with E-state index in [0.717, 1.165) is 12.8 Å². The third-order valence-electron chi connectivity index (χ3n) is 0.569. The highest BCUT2D eigenvalue weighted by atomic mass is 13.7. The van der Waals surface area contributed by atoms with Crippen molar-refractivity contribution in [2.24, 2.45) is 0 Å². The molecule has 0 aliphatic rings. The molecule has 0 rings (SSSR count). The molecule has 0 aliphatic heterocycles. The molecule has 0 atom stereocenters. The lowest BCUT2D eigenvalue weighted by Gasteiger charge is -1.68. The lowest BCUT2D eigenvalue weighted by Crippen LogP contribution is -1.51. The maximum absolute atomic E-state index is 3.64. The molecule has 0 amide bonds. The summed E-state index contributed by atoms with van der Waals surface area (Å²) in [6.45, 7) is 5.75. The van der Waals surface area contributed by atoms with Gasteiger partial charge in [0.2, 0.25) is 0 Å². The van der Waals surface area contributed by atoms with Gasteiger partial charge in [-0.3, -0.25) is 0 Å². The third-order valence-corrected chi connectivity index (χ3v) is 0.569. The standard InChI is InChI=1S/C6H11/c1-3-5-6-4-2/h5-6H,1,3-4H2,2H3/q+1/b6-5-. The second kappa shape index (κ2) is 4.61. The van der Waals surface area contributed by atoms with Crippen LogP contribution in [0.2, 0.25) is 0 Å². The predicted octanol–water partition coefficient (Wildman–Crippen LogP) is 2.18. The number of allylic oxidation sites excluding steroid dienone is 2. The molecule has 0 heteroatoms. The fraction of sp³-hybridized carbons (Fsp3) is 0.500. The van der Waals surface area contributed by atoms with Crippen LogP contribution in [0.4, 0.5) is 0 Å². The average molecular weight is 83.2 g/mol. The monoisotopic (exact) mass is 83.1 g/mol. The van der Waals surface area contributed by atoms with E-state index in [0.29, 0.717) is 0 Å². The van der Waals surface area contributed by atoms with Gasteiger partial charge < -0.3 is 0 Å². The molecule has 0 aromatic rings. The van der Waals surface area contributed by atoms with Crippen molar-refractivity contribution in [3.63, 3.8) is 0 Å². The largest absolute Gasteiger partial charge is 0.103 e. The normalized spacial score (nSPS) is 10.2. The van der Waals surface area contributed by atoms with Gasteiger partial charge in [-0.05, 0) is 12.5 Å². The van der Waals surface area contributed by atoms with Crippen LogP contribution in [0.1, 0.15) is 19.8 Å². The molecule has 6 heavy (non-hydrogen) atoms. The van der Waals surface area contributed by atoms with Gasteiger partial charge in [0.25, 0.3) is 0 Å². The molecular formula is C6H11+. The zero-order valence-electron chi connectivity index (χ0n) is 4.28. The number of rotatable bonds is 2. The summed E-state index contributed by atoms with van der Waals surface area (Å²) in [7, 11) is 0. The van der Waals surface area contributed by atoms with Gasteiger partial charge in [-0.1, -0.05) is 13.0 Å². The summed E-state index contributed by atoms with van der Waals surface area (Å²) in [6.07, 6.45) is 6.25. The van der Waals surface area contributed by atoms with Crippen LogP contribution in [0.15, 0.2) is 12.2 Å². The van der Waals surface area contributed by atoms with Crippen molar-refractivity contribution >= 4 is 0 Å².